The van der Waals surface area contributed by atoms with Crippen LogP contribution in [0.1, 0.15) is 25.5 Å². The van der Waals surface area contributed by atoms with Gasteiger partial charge in [0.25, 0.3) is 0 Å². The molecule has 0 saturated carbocycles. The summed E-state index contributed by atoms with van der Waals surface area (Å²) in [4.78, 5) is 2.19. The highest BCUT2D eigenvalue weighted by atomic mass is 35.5. The fraction of sp³-hybridized carbons (Fsp3) is 0.625. The van der Waals surface area contributed by atoms with Gasteiger partial charge in [-0.1, -0.05) is 24.6 Å². The average molecular weight is 315 g/mol. The van der Waals surface area contributed by atoms with Gasteiger partial charge in [0.15, 0.2) is 0 Å². The van der Waals surface area contributed by atoms with Crippen LogP contribution < -0.4 is 10.2 Å². The third kappa shape index (κ3) is 5.83. The fourth-order valence-corrected chi connectivity index (χ4v) is 2.54. The van der Waals surface area contributed by atoms with Crippen LogP contribution in [0.2, 0.25) is 5.02 Å². The maximum atomic E-state index is 6.48. The number of methoxy groups -OCH3 is 2. The summed E-state index contributed by atoms with van der Waals surface area (Å²) in [5.74, 6) is 0. The van der Waals surface area contributed by atoms with Crippen LogP contribution in [0.3, 0.4) is 0 Å². The van der Waals surface area contributed by atoms with Gasteiger partial charge in [-0.3, -0.25) is 0 Å². The standard InChI is InChI=1S/C16H27ClN2O2/c1-5-18-13(2)14-6-7-16(15(17)12-14)19(8-10-20-3)9-11-21-4/h6-7,12-13,18H,5,8-11H2,1-4H3. The minimum absolute atomic E-state index is 0.299. The number of benzene rings is 1. The van der Waals surface area contributed by atoms with Crippen LogP contribution in [0, 0.1) is 0 Å². The summed E-state index contributed by atoms with van der Waals surface area (Å²) < 4.78 is 10.3. The Balaban J connectivity index is 2.87. The van der Waals surface area contributed by atoms with Crippen LogP contribution in [0.25, 0.3) is 0 Å². The maximum absolute atomic E-state index is 6.48. The van der Waals surface area contributed by atoms with Crippen molar-refractivity contribution in [3.05, 3.63) is 28.8 Å². The Hall–Kier alpha value is -0.810. The number of nitrogens with zero attached hydrogens (tertiary/aromatic N) is 1. The molecule has 1 aromatic rings. The summed E-state index contributed by atoms with van der Waals surface area (Å²) in [7, 11) is 3.41. The number of nitrogens with one attached hydrogen (secondary N) is 1. The van der Waals surface area contributed by atoms with Gasteiger partial charge >= 0.3 is 0 Å². The topological polar surface area (TPSA) is 33.7 Å². The number of rotatable bonds is 10. The van der Waals surface area contributed by atoms with Gasteiger partial charge < -0.3 is 19.7 Å². The lowest BCUT2D eigenvalue weighted by atomic mass is 10.1. The van der Waals surface area contributed by atoms with Gasteiger partial charge in [0, 0.05) is 33.4 Å². The normalized spacial score (nSPS) is 12.4. The highest BCUT2D eigenvalue weighted by Gasteiger charge is 2.12. The third-order valence-corrected chi connectivity index (χ3v) is 3.76. The molecule has 120 valence electrons. The Bertz CT molecular complexity index is 407. The second kappa shape index (κ2) is 10.0. The Labute approximate surface area is 133 Å². The molecule has 0 aromatic heterocycles. The fourth-order valence-electron chi connectivity index (χ4n) is 2.23. The zero-order valence-corrected chi connectivity index (χ0v) is 14.2. The summed E-state index contributed by atoms with van der Waals surface area (Å²) >= 11 is 6.48. The van der Waals surface area contributed by atoms with Gasteiger partial charge in [-0.2, -0.15) is 0 Å². The summed E-state index contributed by atoms with van der Waals surface area (Å²) in [6.07, 6.45) is 0. The van der Waals surface area contributed by atoms with Gasteiger partial charge in [-0.15, -0.1) is 0 Å². The van der Waals surface area contributed by atoms with Crippen molar-refractivity contribution in [2.45, 2.75) is 19.9 Å². The van der Waals surface area contributed by atoms with Crippen molar-refractivity contribution < 1.29 is 9.47 Å². The Morgan fingerprint density at radius 1 is 1.19 bits per heavy atom. The SMILES string of the molecule is CCNC(C)c1ccc(N(CCOC)CCOC)c(Cl)c1. The van der Waals surface area contributed by atoms with Gasteiger partial charge in [0.05, 0.1) is 23.9 Å². The molecule has 0 spiro atoms. The Morgan fingerprint density at radius 3 is 2.29 bits per heavy atom. The van der Waals surface area contributed by atoms with E-state index in [0.29, 0.717) is 19.3 Å². The highest BCUT2D eigenvalue weighted by molar-refractivity contribution is 6.33. The smallest absolute Gasteiger partial charge is 0.0642 e. The monoisotopic (exact) mass is 314 g/mol. The lowest BCUT2D eigenvalue weighted by Crippen LogP contribution is -2.31. The second-order valence-corrected chi connectivity index (χ2v) is 5.37. The molecule has 0 saturated heterocycles. The quantitative estimate of drug-likeness (QED) is 0.719. The predicted molar refractivity (Wildman–Crippen MR) is 89.5 cm³/mol. The van der Waals surface area contributed by atoms with E-state index in [9.17, 15) is 0 Å². The highest BCUT2D eigenvalue weighted by Crippen LogP contribution is 2.29. The van der Waals surface area contributed by atoms with Gasteiger partial charge in [-0.05, 0) is 31.2 Å². The number of ether oxygens (including phenoxy) is 2. The molecule has 0 aliphatic rings. The molecule has 0 aliphatic carbocycles. The van der Waals surface area contributed by atoms with E-state index in [-0.39, 0.29) is 0 Å². The molecule has 1 unspecified atom stereocenters. The summed E-state index contributed by atoms with van der Waals surface area (Å²) in [5.41, 5.74) is 2.22. The van der Waals surface area contributed by atoms with E-state index in [4.69, 9.17) is 21.1 Å². The molecule has 0 aliphatic heterocycles. The molecule has 1 aromatic carbocycles. The molecule has 1 atom stereocenters. The van der Waals surface area contributed by atoms with Crippen LogP contribution in [0.15, 0.2) is 18.2 Å². The molecule has 0 radical (unpaired) electrons. The minimum Gasteiger partial charge on any atom is -0.383 e. The second-order valence-electron chi connectivity index (χ2n) is 4.96. The van der Waals surface area contributed by atoms with E-state index in [1.54, 1.807) is 14.2 Å². The summed E-state index contributed by atoms with van der Waals surface area (Å²) in [6.45, 7) is 8.09. The van der Waals surface area contributed by atoms with Crippen LogP contribution in [-0.4, -0.2) is 47.1 Å². The van der Waals surface area contributed by atoms with Crippen molar-refractivity contribution in [1.29, 1.82) is 0 Å². The van der Waals surface area contributed by atoms with E-state index in [1.165, 1.54) is 5.56 Å². The summed E-state index contributed by atoms with van der Waals surface area (Å²) in [6, 6.07) is 6.54. The van der Waals surface area contributed by atoms with E-state index in [0.717, 1.165) is 30.3 Å². The molecule has 0 bridgehead atoms. The first kappa shape index (κ1) is 18.2. The number of hydrogen-bond donors (Lipinski definition) is 1. The Morgan fingerprint density at radius 2 is 1.81 bits per heavy atom. The van der Waals surface area contributed by atoms with E-state index in [1.807, 2.05) is 6.07 Å². The van der Waals surface area contributed by atoms with Gasteiger partial charge in [0.2, 0.25) is 0 Å². The lowest BCUT2D eigenvalue weighted by Gasteiger charge is -2.26. The lowest BCUT2D eigenvalue weighted by molar-refractivity contribution is 0.190. The number of halogens is 1. The van der Waals surface area contributed by atoms with Crippen molar-refractivity contribution >= 4 is 17.3 Å². The zero-order valence-electron chi connectivity index (χ0n) is 13.5. The zero-order chi connectivity index (χ0) is 15.7. The van der Waals surface area contributed by atoms with Crippen molar-refractivity contribution in [3.8, 4) is 0 Å². The van der Waals surface area contributed by atoms with Crippen molar-refractivity contribution in [3.63, 3.8) is 0 Å². The van der Waals surface area contributed by atoms with Crippen LogP contribution in [-0.2, 0) is 9.47 Å². The molecular weight excluding hydrogens is 288 g/mol. The first-order valence-corrected chi connectivity index (χ1v) is 7.77. The number of anilines is 1. The molecule has 1 N–H and O–H groups in total. The van der Waals surface area contributed by atoms with E-state index in [2.05, 4.69) is 36.2 Å². The largest absolute Gasteiger partial charge is 0.383 e. The van der Waals surface area contributed by atoms with E-state index >= 15 is 0 Å². The first-order valence-electron chi connectivity index (χ1n) is 7.39. The van der Waals surface area contributed by atoms with Crippen molar-refractivity contribution in [1.82, 2.24) is 5.32 Å². The minimum atomic E-state index is 0.299. The van der Waals surface area contributed by atoms with Crippen LogP contribution in [0.4, 0.5) is 5.69 Å². The third-order valence-electron chi connectivity index (χ3n) is 3.45. The average Bonchev–Trinajstić information content (AvgIpc) is 2.48. The molecule has 4 nitrogen and oxygen atoms in total. The molecular formula is C16H27ClN2O2. The Kier molecular flexibility index (Phi) is 8.69. The molecule has 0 heterocycles. The van der Waals surface area contributed by atoms with Crippen LogP contribution >= 0.6 is 11.6 Å². The predicted octanol–water partition coefficient (Wildman–Crippen LogP) is 3.11. The molecule has 1 rings (SSSR count). The van der Waals surface area contributed by atoms with Crippen molar-refractivity contribution in [2.24, 2.45) is 0 Å². The first-order chi connectivity index (χ1) is 10.1. The van der Waals surface area contributed by atoms with Crippen molar-refractivity contribution in [2.75, 3.05) is 52.0 Å². The molecule has 5 heteroatoms. The van der Waals surface area contributed by atoms with Crippen LogP contribution in [0.5, 0.6) is 0 Å². The van der Waals surface area contributed by atoms with E-state index < -0.39 is 0 Å². The summed E-state index contributed by atoms with van der Waals surface area (Å²) in [5, 5.41) is 4.16. The molecule has 0 fully saturated rings. The maximum Gasteiger partial charge on any atom is 0.0642 e. The molecule has 0 amide bonds. The number of hydrogen-bond acceptors (Lipinski definition) is 4. The molecule has 21 heavy (non-hydrogen) atoms. The van der Waals surface area contributed by atoms with Gasteiger partial charge in [0.1, 0.15) is 0 Å². The van der Waals surface area contributed by atoms with Gasteiger partial charge in [-0.25, -0.2) is 0 Å².